The molecule has 0 fully saturated rings. The highest BCUT2D eigenvalue weighted by atomic mass is 16.4. The standard InChI is InChI=1S/C29H41NO3/c1-2-3-4-5-6-7-8-9-10-11-12-13-14-15-16-21-28(31)30-27-23-25-20-18-17-19-24(25)22-26(27)29(32)33/h9-10,17-20,22-23H,2-8,11-16,21H2,1H3,(H,30,31)(H,32,33)/b10-9-. The number of fused-ring (bicyclic) bond motifs is 1. The number of carboxylic acids is 1. The van der Waals surface area contributed by atoms with E-state index in [1.165, 1.54) is 57.8 Å². The largest absolute Gasteiger partial charge is 0.478 e. The van der Waals surface area contributed by atoms with E-state index in [1.807, 2.05) is 24.3 Å². The maximum atomic E-state index is 12.3. The van der Waals surface area contributed by atoms with Crippen LogP contribution < -0.4 is 5.32 Å². The first kappa shape index (κ1) is 26.6. The summed E-state index contributed by atoms with van der Waals surface area (Å²) in [5.74, 6) is -1.15. The van der Waals surface area contributed by atoms with E-state index < -0.39 is 5.97 Å². The second-order valence-electron chi connectivity index (χ2n) is 8.93. The lowest BCUT2D eigenvalue weighted by molar-refractivity contribution is -0.116. The molecule has 0 heterocycles. The minimum atomic E-state index is -1.03. The van der Waals surface area contributed by atoms with Gasteiger partial charge in [0.1, 0.15) is 0 Å². The van der Waals surface area contributed by atoms with Gasteiger partial charge in [-0.25, -0.2) is 4.79 Å². The number of carbonyl (C=O) groups excluding carboxylic acids is 1. The Kier molecular flexibility index (Phi) is 13.0. The van der Waals surface area contributed by atoms with Crippen LogP contribution in [0.3, 0.4) is 0 Å². The molecule has 2 N–H and O–H groups in total. The molecular formula is C29H41NO3. The highest BCUT2D eigenvalue weighted by molar-refractivity contribution is 6.05. The van der Waals surface area contributed by atoms with Gasteiger partial charge in [-0.1, -0.05) is 94.7 Å². The fourth-order valence-corrected chi connectivity index (χ4v) is 4.09. The smallest absolute Gasteiger partial charge is 0.337 e. The normalized spacial score (nSPS) is 11.3. The fourth-order valence-electron chi connectivity index (χ4n) is 4.09. The van der Waals surface area contributed by atoms with Crippen molar-refractivity contribution < 1.29 is 14.7 Å². The summed E-state index contributed by atoms with van der Waals surface area (Å²) in [7, 11) is 0. The van der Waals surface area contributed by atoms with Crippen molar-refractivity contribution >= 4 is 28.3 Å². The molecular weight excluding hydrogens is 410 g/mol. The Hall–Kier alpha value is -2.62. The van der Waals surface area contributed by atoms with Gasteiger partial charge in [0.05, 0.1) is 11.3 Å². The van der Waals surface area contributed by atoms with E-state index in [1.54, 1.807) is 12.1 Å². The van der Waals surface area contributed by atoms with E-state index in [-0.39, 0.29) is 11.5 Å². The summed E-state index contributed by atoms with van der Waals surface area (Å²) >= 11 is 0. The third kappa shape index (κ3) is 10.7. The monoisotopic (exact) mass is 451 g/mol. The predicted molar refractivity (Wildman–Crippen MR) is 139 cm³/mol. The molecule has 0 spiro atoms. The first-order chi connectivity index (χ1) is 16.1. The van der Waals surface area contributed by atoms with Gasteiger partial charge in [0.2, 0.25) is 5.91 Å². The zero-order valence-corrected chi connectivity index (χ0v) is 20.3. The second kappa shape index (κ2) is 16.1. The Morgan fingerprint density at radius 1 is 0.788 bits per heavy atom. The van der Waals surface area contributed by atoms with Crippen LogP contribution in [0, 0.1) is 0 Å². The molecule has 2 rings (SSSR count). The van der Waals surface area contributed by atoms with Gasteiger partial charge in [-0.3, -0.25) is 4.79 Å². The lowest BCUT2D eigenvalue weighted by Gasteiger charge is -2.10. The zero-order chi connectivity index (χ0) is 23.7. The molecule has 4 heteroatoms. The van der Waals surface area contributed by atoms with Gasteiger partial charge in [0.25, 0.3) is 0 Å². The van der Waals surface area contributed by atoms with Crippen molar-refractivity contribution in [2.45, 2.75) is 96.8 Å². The Morgan fingerprint density at radius 2 is 1.33 bits per heavy atom. The van der Waals surface area contributed by atoms with Crippen molar-refractivity contribution in [1.29, 1.82) is 0 Å². The number of aromatic carboxylic acids is 1. The summed E-state index contributed by atoms with van der Waals surface area (Å²) < 4.78 is 0. The van der Waals surface area contributed by atoms with Crippen LogP contribution in [0.2, 0.25) is 0 Å². The molecule has 0 saturated heterocycles. The van der Waals surface area contributed by atoms with Gasteiger partial charge in [-0.15, -0.1) is 0 Å². The van der Waals surface area contributed by atoms with Crippen molar-refractivity contribution in [2.75, 3.05) is 5.32 Å². The number of hydrogen-bond acceptors (Lipinski definition) is 2. The molecule has 0 saturated carbocycles. The molecule has 0 bridgehead atoms. The first-order valence-corrected chi connectivity index (χ1v) is 12.8. The molecule has 4 nitrogen and oxygen atoms in total. The quantitative estimate of drug-likeness (QED) is 0.187. The maximum absolute atomic E-state index is 12.3. The summed E-state index contributed by atoms with van der Waals surface area (Å²) in [5.41, 5.74) is 0.505. The lowest BCUT2D eigenvalue weighted by atomic mass is 10.0. The maximum Gasteiger partial charge on any atom is 0.337 e. The number of allylic oxidation sites excluding steroid dienone is 2. The van der Waals surface area contributed by atoms with Crippen LogP contribution in [0.15, 0.2) is 48.6 Å². The summed E-state index contributed by atoms with van der Waals surface area (Å²) in [4.78, 5) is 23.9. The average molecular weight is 452 g/mol. The lowest BCUT2D eigenvalue weighted by Crippen LogP contribution is -2.14. The summed E-state index contributed by atoms with van der Waals surface area (Å²) in [6.45, 7) is 2.26. The molecule has 0 aromatic heterocycles. The van der Waals surface area contributed by atoms with Crippen LogP contribution in [0.1, 0.15) is 107 Å². The van der Waals surface area contributed by atoms with Crippen LogP contribution in [-0.2, 0) is 4.79 Å². The van der Waals surface area contributed by atoms with Gasteiger partial charge in [0, 0.05) is 6.42 Å². The molecule has 0 aliphatic heterocycles. The number of hydrogen-bond donors (Lipinski definition) is 2. The molecule has 0 aliphatic rings. The number of amides is 1. The number of carbonyl (C=O) groups is 2. The van der Waals surface area contributed by atoms with Crippen LogP contribution in [0.4, 0.5) is 5.69 Å². The van der Waals surface area contributed by atoms with Crippen LogP contribution in [0.5, 0.6) is 0 Å². The van der Waals surface area contributed by atoms with Gasteiger partial charge < -0.3 is 10.4 Å². The Morgan fingerprint density at radius 3 is 1.94 bits per heavy atom. The minimum absolute atomic E-state index is 0.120. The van der Waals surface area contributed by atoms with Crippen molar-refractivity contribution in [3.05, 3.63) is 54.1 Å². The molecule has 2 aromatic rings. The Labute approximate surface area is 199 Å². The van der Waals surface area contributed by atoms with E-state index in [4.69, 9.17) is 0 Å². The number of carboxylic acid groups (broad SMARTS) is 1. The predicted octanol–water partition coefficient (Wildman–Crippen LogP) is 8.51. The summed E-state index contributed by atoms with van der Waals surface area (Å²) in [5, 5.41) is 14.1. The number of unbranched alkanes of at least 4 members (excludes halogenated alkanes) is 11. The highest BCUT2D eigenvalue weighted by Gasteiger charge is 2.14. The molecule has 0 radical (unpaired) electrons. The average Bonchev–Trinajstić information content (AvgIpc) is 2.81. The van der Waals surface area contributed by atoms with Crippen LogP contribution >= 0.6 is 0 Å². The van der Waals surface area contributed by atoms with E-state index in [0.717, 1.165) is 36.5 Å². The molecule has 33 heavy (non-hydrogen) atoms. The second-order valence-corrected chi connectivity index (χ2v) is 8.93. The zero-order valence-electron chi connectivity index (χ0n) is 20.3. The van der Waals surface area contributed by atoms with Gasteiger partial charge >= 0.3 is 5.97 Å². The molecule has 180 valence electrons. The summed E-state index contributed by atoms with van der Waals surface area (Å²) in [6, 6.07) is 10.9. The van der Waals surface area contributed by atoms with Crippen LogP contribution in [-0.4, -0.2) is 17.0 Å². The van der Waals surface area contributed by atoms with Crippen molar-refractivity contribution in [3.8, 4) is 0 Å². The van der Waals surface area contributed by atoms with Crippen molar-refractivity contribution in [2.24, 2.45) is 0 Å². The number of rotatable bonds is 17. The number of anilines is 1. The van der Waals surface area contributed by atoms with Gasteiger partial charge in [0.15, 0.2) is 0 Å². The highest BCUT2D eigenvalue weighted by Crippen LogP contribution is 2.24. The molecule has 0 unspecified atom stereocenters. The Bertz CT molecular complexity index is 888. The molecule has 0 atom stereocenters. The van der Waals surface area contributed by atoms with Crippen molar-refractivity contribution in [1.82, 2.24) is 0 Å². The van der Waals surface area contributed by atoms with Gasteiger partial charge in [-0.2, -0.15) is 0 Å². The van der Waals surface area contributed by atoms with E-state index in [0.29, 0.717) is 12.1 Å². The Balaban J connectivity index is 1.56. The van der Waals surface area contributed by atoms with Crippen LogP contribution in [0.25, 0.3) is 10.8 Å². The van der Waals surface area contributed by atoms with E-state index in [9.17, 15) is 14.7 Å². The SMILES string of the molecule is CCCCCCCC/C=C\CCCCCCCC(=O)Nc1cc2ccccc2cc1C(=O)O. The van der Waals surface area contributed by atoms with E-state index >= 15 is 0 Å². The summed E-state index contributed by atoms with van der Waals surface area (Å²) in [6.07, 6.45) is 20.9. The van der Waals surface area contributed by atoms with E-state index in [2.05, 4.69) is 24.4 Å². The molecule has 2 aromatic carbocycles. The third-order valence-corrected chi connectivity index (χ3v) is 6.06. The number of benzene rings is 2. The van der Waals surface area contributed by atoms with Gasteiger partial charge in [-0.05, 0) is 55.0 Å². The third-order valence-electron chi connectivity index (χ3n) is 6.06. The molecule has 1 amide bonds. The first-order valence-electron chi connectivity index (χ1n) is 12.8. The fraction of sp³-hybridized carbons (Fsp3) is 0.517. The topological polar surface area (TPSA) is 66.4 Å². The number of nitrogens with one attached hydrogen (secondary N) is 1. The minimum Gasteiger partial charge on any atom is -0.478 e. The molecule has 0 aliphatic carbocycles. The van der Waals surface area contributed by atoms with Crippen molar-refractivity contribution in [3.63, 3.8) is 0 Å².